The van der Waals surface area contributed by atoms with E-state index in [1.807, 2.05) is 12.1 Å². The maximum Gasteiger partial charge on any atom is 0.151 e. The van der Waals surface area contributed by atoms with Gasteiger partial charge in [0, 0.05) is 37.4 Å². The Bertz CT molecular complexity index is 611. The molecule has 1 aromatic rings. The van der Waals surface area contributed by atoms with Crippen LogP contribution in [-0.2, 0) is 4.74 Å². The molecule has 0 radical (unpaired) electrons. The van der Waals surface area contributed by atoms with Crippen LogP contribution in [0.3, 0.4) is 0 Å². The molecular weight excluding hydrogens is 326 g/mol. The second-order valence-corrected chi connectivity index (χ2v) is 7.15. The van der Waals surface area contributed by atoms with E-state index in [0.717, 1.165) is 23.4 Å². The van der Waals surface area contributed by atoms with Crippen LogP contribution in [0.1, 0.15) is 38.7 Å². The number of ether oxygens (including phenoxy) is 3. The fourth-order valence-electron chi connectivity index (χ4n) is 2.69. The molecule has 1 atom stereocenters. The van der Waals surface area contributed by atoms with E-state index in [1.54, 1.807) is 7.11 Å². The summed E-state index contributed by atoms with van der Waals surface area (Å²) in [6.45, 7) is 5.55. The maximum atomic E-state index is 6.59. The third-order valence-electron chi connectivity index (χ3n) is 4.28. The quantitative estimate of drug-likeness (QED) is 0.710. The Hall–Kier alpha value is -1.39. The van der Waals surface area contributed by atoms with Gasteiger partial charge in [-0.1, -0.05) is 25.4 Å². The largest absolute Gasteiger partial charge is 0.492 e. The highest BCUT2D eigenvalue weighted by atomic mass is 35.5. The zero-order valence-electron chi connectivity index (χ0n) is 14.6. The van der Waals surface area contributed by atoms with Crippen LogP contribution in [0.5, 0.6) is 11.5 Å². The Morgan fingerprint density at radius 3 is 2.75 bits per heavy atom. The molecule has 1 aromatic carbocycles. The van der Waals surface area contributed by atoms with Crippen LogP contribution < -0.4 is 14.8 Å². The molecule has 1 unspecified atom stereocenters. The lowest BCUT2D eigenvalue weighted by Crippen LogP contribution is -2.28. The molecular formula is C19H26ClNO3. The van der Waals surface area contributed by atoms with Gasteiger partial charge in [-0.05, 0) is 37.0 Å². The summed E-state index contributed by atoms with van der Waals surface area (Å²) in [5, 5.41) is 4.16. The lowest BCUT2D eigenvalue weighted by molar-refractivity contribution is 0.171. The molecule has 0 amide bonds. The second-order valence-electron chi connectivity index (χ2n) is 6.77. The van der Waals surface area contributed by atoms with E-state index in [9.17, 15) is 0 Å². The van der Waals surface area contributed by atoms with Crippen molar-refractivity contribution in [2.45, 2.75) is 45.3 Å². The predicted molar refractivity (Wildman–Crippen MR) is 96.8 cm³/mol. The summed E-state index contributed by atoms with van der Waals surface area (Å²) in [7, 11) is 1.69. The number of benzene rings is 1. The van der Waals surface area contributed by atoms with E-state index < -0.39 is 0 Å². The van der Waals surface area contributed by atoms with E-state index in [-0.39, 0.29) is 6.10 Å². The third kappa shape index (κ3) is 3.98. The Morgan fingerprint density at radius 2 is 2.08 bits per heavy atom. The number of rotatable bonds is 8. The van der Waals surface area contributed by atoms with E-state index in [1.165, 1.54) is 12.8 Å². The van der Waals surface area contributed by atoms with Gasteiger partial charge < -0.3 is 19.5 Å². The Kier molecular flexibility index (Phi) is 5.57. The van der Waals surface area contributed by atoms with Crippen molar-refractivity contribution >= 4 is 17.3 Å². The van der Waals surface area contributed by atoms with Crippen LogP contribution in [0.25, 0.3) is 5.70 Å². The molecule has 3 rings (SSSR count). The fraction of sp³-hybridized carbons (Fsp3) is 0.579. The number of hydrogen-bond donors (Lipinski definition) is 1. The number of halogens is 1. The number of methoxy groups -OCH3 is 1. The standard InChI is InChI=1S/C19H26ClNO3/c1-12(2)17-11-15(21-13-5-6-13)14-7-8-16(18(20)19(14)24-17)23-10-4-9-22-3/h7-8,11-13,17,21H,4-6,9-10H2,1-3H3. The molecule has 5 heteroatoms. The molecule has 2 aliphatic rings. The lowest BCUT2D eigenvalue weighted by Gasteiger charge is -2.29. The normalized spacial score (nSPS) is 19.5. The highest BCUT2D eigenvalue weighted by Crippen LogP contribution is 2.43. The summed E-state index contributed by atoms with van der Waals surface area (Å²) in [5.74, 6) is 1.77. The summed E-state index contributed by atoms with van der Waals surface area (Å²) in [6, 6.07) is 4.54. The average molecular weight is 352 g/mol. The first-order valence-corrected chi connectivity index (χ1v) is 9.07. The van der Waals surface area contributed by atoms with Crippen molar-refractivity contribution in [1.29, 1.82) is 0 Å². The molecule has 1 saturated carbocycles. The monoisotopic (exact) mass is 351 g/mol. The Labute approximate surface area is 149 Å². The molecule has 1 aliphatic carbocycles. The van der Waals surface area contributed by atoms with Crippen molar-refractivity contribution in [3.63, 3.8) is 0 Å². The lowest BCUT2D eigenvalue weighted by atomic mass is 9.99. The first-order valence-electron chi connectivity index (χ1n) is 8.69. The Balaban J connectivity index is 1.82. The fourth-order valence-corrected chi connectivity index (χ4v) is 2.95. The van der Waals surface area contributed by atoms with Gasteiger partial charge in [0.2, 0.25) is 0 Å². The topological polar surface area (TPSA) is 39.7 Å². The van der Waals surface area contributed by atoms with Crippen LogP contribution in [-0.4, -0.2) is 32.5 Å². The van der Waals surface area contributed by atoms with Crippen molar-refractivity contribution in [1.82, 2.24) is 5.32 Å². The molecule has 1 heterocycles. The highest BCUT2D eigenvalue weighted by molar-refractivity contribution is 6.33. The van der Waals surface area contributed by atoms with Gasteiger partial charge in [0.05, 0.1) is 6.61 Å². The Morgan fingerprint density at radius 1 is 1.29 bits per heavy atom. The van der Waals surface area contributed by atoms with E-state index in [4.69, 9.17) is 25.8 Å². The molecule has 4 nitrogen and oxygen atoms in total. The molecule has 24 heavy (non-hydrogen) atoms. The van der Waals surface area contributed by atoms with Crippen molar-refractivity contribution < 1.29 is 14.2 Å². The second kappa shape index (κ2) is 7.66. The minimum absolute atomic E-state index is 0.0139. The average Bonchev–Trinajstić information content (AvgIpc) is 3.37. The van der Waals surface area contributed by atoms with E-state index in [0.29, 0.717) is 35.9 Å². The van der Waals surface area contributed by atoms with Crippen LogP contribution in [0.15, 0.2) is 18.2 Å². The maximum absolute atomic E-state index is 6.59. The summed E-state index contributed by atoms with van der Waals surface area (Å²) in [5.41, 5.74) is 2.15. The number of nitrogens with one attached hydrogen (secondary N) is 1. The molecule has 1 N–H and O–H groups in total. The minimum Gasteiger partial charge on any atom is -0.492 e. The molecule has 0 spiro atoms. The number of fused-ring (bicyclic) bond motifs is 1. The minimum atomic E-state index is 0.0139. The molecule has 0 bridgehead atoms. The van der Waals surface area contributed by atoms with Crippen molar-refractivity contribution in [3.05, 3.63) is 28.8 Å². The van der Waals surface area contributed by atoms with Gasteiger partial charge in [0.1, 0.15) is 16.9 Å². The van der Waals surface area contributed by atoms with Crippen LogP contribution in [0.2, 0.25) is 5.02 Å². The predicted octanol–water partition coefficient (Wildman–Crippen LogP) is 4.27. The van der Waals surface area contributed by atoms with Crippen molar-refractivity contribution in [2.75, 3.05) is 20.3 Å². The van der Waals surface area contributed by atoms with Gasteiger partial charge >= 0.3 is 0 Å². The molecule has 1 aliphatic heterocycles. The van der Waals surface area contributed by atoms with E-state index in [2.05, 4.69) is 25.2 Å². The summed E-state index contributed by atoms with van der Waals surface area (Å²) in [4.78, 5) is 0. The summed E-state index contributed by atoms with van der Waals surface area (Å²) >= 11 is 6.59. The molecule has 132 valence electrons. The van der Waals surface area contributed by atoms with Gasteiger partial charge in [-0.15, -0.1) is 0 Å². The molecule has 1 fully saturated rings. The van der Waals surface area contributed by atoms with E-state index >= 15 is 0 Å². The zero-order chi connectivity index (χ0) is 17.1. The first kappa shape index (κ1) is 17.4. The molecule has 0 aromatic heterocycles. The zero-order valence-corrected chi connectivity index (χ0v) is 15.4. The summed E-state index contributed by atoms with van der Waals surface area (Å²) in [6.07, 6.45) is 5.48. The third-order valence-corrected chi connectivity index (χ3v) is 4.64. The van der Waals surface area contributed by atoms with Gasteiger partial charge in [0.25, 0.3) is 0 Å². The van der Waals surface area contributed by atoms with Crippen molar-refractivity contribution in [3.8, 4) is 11.5 Å². The van der Waals surface area contributed by atoms with Crippen LogP contribution in [0, 0.1) is 5.92 Å². The van der Waals surface area contributed by atoms with Crippen LogP contribution in [0.4, 0.5) is 0 Å². The molecule has 0 saturated heterocycles. The van der Waals surface area contributed by atoms with Gasteiger partial charge in [0.15, 0.2) is 5.75 Å². The highest BCUT2D eigenvalue weighted by Gasteiger charge is 2.30. The van der Waals surface area contributed by atoms with Crippen LogP contribution >= 0.6 is 11.6 Å². The first-order chi connectivity index (χ1) is 11.6. The van der Waals surface area contributed by atoms with Gasteiger partial charge in [-0.25, -0.2) is 0 Å². The smallest absolute Gasteiger partial charge is 0.151 e. The van der Waals surface area contributed by atoms with Gasteiger partial charge in [-0.2, -0.15) is 0 Å². The van der Waals surface area contributed by atoms with Gasteiger partial charge in [-0.3, -0.25) is 0 Å². The van der Waals surface area contributed by atoms with Crippen molar-refractivity contribution in [2.24, 2.45) is 5.92 Å². The summed E-state index contributed by atoms with van der Waals surface area (Å²) < 4.78 is 17.0. The SMILES string of the molecule is COCCCOc1ccc2c(c1Cl)OC(C(C)C)C=C2NC1CC1. The number of hydrogen-bond acceptors (Lipinski definition) is 4.